The van der Waals surface area contributed by atoms with Crippen LogP contribution in [0.1, 0.15) is 34.5 Å². The van der Waals surface area contributed by atoms with E-state index in [0.29, 0.717) is 10.6 Å². The fourth-order valence-electron chi connectivity index (χ4n) is 4.51. The predicted octanol–water partition coefficient (Wildman–Crippen LogP) is 5.00. The second-order valence-corrected chi connectivity index (χ2v) is 8.23. The molecule has 4 nitrogen and oxygen atoms in total. The van der Waals surface area contributed by atoms with Crippen LogP contribution >= 0.6 is 11.6 Å². The lowest BCUT2D eigenvalue weighted by Crippen LogP contribution is -2.51. The summed E-state index contributed by atoms with van der Waals surface area (Å²) in [4.78, 5) is 14.8. The molecule has 0 atom stereocenters. The van der Waals surface area contributed by atoms with Crippen LogP contribution in [0.15, 0.2) is 60.8 Å². The average Bonchev–Trinajstić information content (AvgIpc) is 3.20. The number of carbonyl (C=O) groups is 1. The van der Waals surface area contributed by atoms with Crippen LogP contribution in [0.2, 0.25) is 5.02 Å². The van der Waals surface area contributed by atoms with Gasteiger partial charge in [0, 0.05) is 35.6 Å². The third-order valence-corrected chi connectivity index (χ3v) is 6.27. The van der Waals surface area contributed by atoms with Crippen molar-refractivity contribution >= 4 is 23.2 Å². The summed E-state index contributed by atoms with van der Waals surface area (Å²) < 4.78 is 2.29. The molecule has 3 aromatic rings. The number of hydrogen-bond acceptors (Lipinski definition) is 2. The first-order chi connectivity index (χ1) is 13.6. The fraction of sp³-hybridized carbons (Fsp3) is 0.261. The standard InChI is InChI=1S/C23H22ClN3O/c1-16-4-9-20-19(15-16)25-23(21-3-2-12-27(20)21)10-13-26(14-11-23)22(28)17-5-7-18(24)8-6-17/h2-9,12,15,25H,10-11,13-14H2,1H3. The minimum Gasteiger partial charge on any atom is -0.372 e. The topological polar surface area (TPSA) is 37.3 Å². The molecule has 2 aliphatic heterocycles. The summed E-state index contributed by atoms with van der Waals surface area (Å²) in [6.07, 6.45) is 3.89. The van der Waals surface area contributed by atoms with Crippen molar-refractivity contribution in [2.24, 2.45) is 0 Å². The summed E-state index contributed by atoms with van der Waals surface area (Å²) in [5.74, 6) is 0.0777. The number of fused-ring (bicyclic) bond motifs is 4. The number of halogens is 1. The zero-order valence-corrected chi connectivity index (χ0v) is 16.5. The number of benzene rings is 2. The van der Waals surface area contributed by atoms with Gasteiger partial charge in [0.05, 0.1) is 16.9 Å². The molecule has 2 aliphatic rings. The largest absolute Gasteiger partial charge is 0.372 e. The van der Waals surface area contributed by atoms with Crippen LogP contribution in [0.5, 0.6) is 0 Å². The van der Waals surface area contributed by atoms with Crippen molar-refractivity contribution in [1.29, 1.82) is 0 Å². The van der Waals surface area contributed by atoms with Crippen LogP contribution < -0.4 is 5.32 Å². The van der Waals surface area contributed by atoms with E-state index in [1.807, 2.05) is 4.90 Å². The highest BCUT2D eigenvalue weighted by Crippen LogP contribution is 2.43. The van der Waals surface area contributed by atoms with E-state index in [1.165, 1.54) is 22.6 Å². The number of amides is 1. The molecule has 1 fully saturated rings. The van der Waals surface area contributed by atoms with Gasteiger partial charge in [0.2, 0.25) is 0 Å². The first-order valence-electron chi connectivity index (χ1n) is 9.68. The molecule has 0 radical (unpaired) electrons. The zero-order valence-electron chi connectivity index (χ0n) is 15.8. The van der Waals surface area contributed by atoms with E-state index in [0.717, 1.165) is 25.9 Å². The molecule has 0 saturated carbocycles. The number of anilines is 1. The molecule has 1 spiro atoms. The highest BCUT2D eigenvalue weighted by molar-refractivity contribution is 6.30. The number of aromatic nitrogens is 1. The molecule has 3 heterocycles. The van der Waals surface area contributed by atoms with Crippen LogP contribution in [0, 0.1) is 6.92 Å². The minimum atomic E-state index is -0.138. The van der Waals surface area contributed by atoms with Gasteiger partial charge in [-0.1, -0.05) is 17.7 Å². The molecule has 0 bridgehead atoms. The monoisotopic (exact) mass is 391 g/mol. The van der Waals surface area contributed by atoms with Crippen LogP contribution in [0.3, 0.4) is 0 Å². The SMILES string of the molecule is Cc1ccc2c(c1)NC1(CCN(C(=O)c3ccc(Cl)cc3)CC1)c1cccn1-2. The summed E-state index contributed by atoms with van der Waals surface area (Å²) >= 11 is 5.95. The van der Waals surface area contributed by atoms with E-state index in [9.17, 15) is 4.79 Å². The summed E-state index contributed by atoms with van der Waals surface area (Å²) in [5, 5.41) is 4.47. The van der Waals surface area contributed by atoms with Crippen LogP contribution in [-0.4, -0.2) is 28.5 Å². The molecule has 5 rings (SSSR count). The Morgan fingerprint density at radius 2 is 1.82 bits per heavy atom. The van der Waals surface area contributed by atoms with Gasteiger partial charge >= 0.3 is 0 Å². The second-order valence-electron chi connectivity index (χ2n) is 7.79. The number of aryl methyl sites for hydroxylation is 1. The normalized spacial score (nSPS) is 17.0. The molecule has 1 N–H and O–H groups in total. The van der Waals surface area contributed by atoms with E-state index in [1.54, 1.807) is 24.3 Å². The Balaban J connectivity index is 1.41. The number of piperidine rings is 1. The number of rotatable bonds is 1. The molecule has 5 heteroatoms. The number of likely N-dealkylation sites (tertiary alicyclic amines) is 1. The number of hydrogen-bond donors (Lipinski definition) is 1. The zero-order chi connectivity index (χ0) is 19.3. The molecule has 28 heavy (non-hydrogen) atoms. The van der Waals surface area contributed by atoms with Crippen molar-refractivity contribution in [1.82, 2.24) is 9.47 Å². The lowest BCUT2D eigenvalue weighted by atomic mass is 9.82. The molecular formula is C23H22ClN3O. The van der Waals surface area contributed by atoms with Crippen molar-refractivity contribution < 1.29 is 4.79 Å². The van der Waals surface area contributed by atoms with Crippen molar-refractivity contribution in [2.75, 3.05) is 18.4 Å². The molecule has 2 aromatic carbocycles. The Hall–Kier alpha value is -2.72. The first-order valence-corrected chi connectivity index (χ1v) is 10.1. The molecule has 0 aliphatic carbocycles. The van der Waals surface area contributed by atoms with Gasteiger partial charge in [-0.15, -0.1) is 0 Å². The summed E-state index contributed by atoms with van der Waals surface area (Å²) in [7, 11) is 0. The van der Waals surface area contributed by atoms with E-state index in [4.69, 9.17) is 11.6 Å². The highest BCUT2D eigenvalue weighted by Gasteiger charge is 2.42. The van der Waals surface area contributed by atoms with Crippen molar-refractivity contribution in [2.45, 2.75) is 25.3 Å². The van der Waals surface area contributed by atoms with Crippen molar-refractivity contribution in [3.8, 4) is 5.69 Å². The Labute approximate surface area is 169 Å². The summed E-state index contributed by atoms with van der Waals surface area (Å²) in [6.45, 7) is 3.56. The minimum absolute atomic E-state index is 0.0777. The summed E-state index contributed by atoms with van der Waals surface area (Å²) in [6, 6.07) is 18.0. The Morgan fingerprint density at radius 3 is 2.57 bits per heavy atom. The maximum absolute atomic E-state index is 12.9. The van der Waals surface area contributed by atoms with Gasteiger partial charge in [-0.25, -0.2) is 0 Å². The molecule has 0 unspecified atom stereocenters. The van der Waals surface area contributed by atoms with Gasteiger partial charge in [-0.3, -0.25) is 4.79 Å². The van der Waals surface area contributed by atoms with E-state index in [2.05, 4.69) is 53.3 Å². The quantitative estimate of drug-likeness (QED) is 0.634. The van der Waals surface area contributed by atoms with Gasteiger partial charge < -0.3 is 14.8 Å². The molecule has 1 saturated heterocycles. The number of nitrogens with one attached hydrogen (secondary N) is 1. The van der Waals surface area contributed by atoms with Gasteiger partial charge in [-0.05, 0) is 73.9 Å². The Kier molecular flexibility index (Phi) is 3.98. The Bertz CT molecular complexity index is 1050. The Morgan fingerprint density at radius 1 is 1.07 bits per heavy atom. The van der Waals surface area contributed by atoms with E-state index in [-0.39, 0.29) is 11.4 Å². The van der Waals surface area contributed by atoms with Crippen LogP contribution in [-0.2, 0) is 5.54 Å². The number of carbonyl (C=O) groups excluding carboxylic acids is 1. The smallest absolute Gasteiger partial charge is 0.253 e. The van der Waals surface area contributed by atoms with Gasteiger partial charge in [0.25, 0.3) is 5.91 Å². The van der Waals surface area contributed by atoms with Gasteiger partial charge in [-0.2, -0.15) is 0 Å². The van der Waals surface area contributed by atoms with Gasteiger partial charge in [0.1, 0.15) is 0 Å². The van der Waals surface area contributed by atoms with Gasteiger partial charge in [0.15, 0.2) is 0 Å². The van der Waals surface area contributed by atoms with Crippen LogP contribution in [0.4, 0.5) is 5.69 Å². The van der Waals surface area contributed by atoms with E-state index < -0.39 is 0 Å². The van der Waals surface area contributed by atoms with Crippen molar-refractivity contribution in [3.63, 3.8) is 0 Å². The lowest BCUT2D eigenvalue weighted by Gasteiger charge is -2.46. The van der Waals surface area contributed by atoms with Crippen molar-refractivity contribution in [3.05, 3.63) is 82.6 Å². The fourth-order valence-corrected chi connectivity index (χ4v) is 4.64. The molecule has 142 valence electrons. The third kappa shape index (κ3) is 2.71. The highest BCUT2D eigenvalue weighted by atomic mass is 35.5. The molecular weight excluding hydrogens is 370 g/mol. The van der Waals surface area contributed by atoms with Crippen LogP contribution in [0.25, 0.3) is 5.69 Å². The maximum Gasteiger partial charge on any atom is 0.253 e. The second kappa shape index (κ2) is 6.42. The molecule has 1 amide bonds. The molecule has 1 aromatic heterocycles. The van der Waals surface area contributed by atoms with E-state index >= 15 is 0 Å². The number of nitrogens with zero attached hydrogens (tertiary/aromatic N) is 2. The summed E-state index contributed by atoms with van der Waals surface area (Å²) in [5.41, 5.74) is 5.44. The third-order valence-electron chi connectivity index (χ3n) is 6.02. The first kappa shape index (κ1) is 17.4. The maximum atomic E-state index is 12.9. The average molecular weight is 392 g/mol. The lowest BCUT2D eigenvalue weighted by molar-refractivity contribution is 0.0676. The predicted molar refractivity (Wildman–Crippen MR) is 112 cm³/mol.